The Kier molecular flexibility index (Phi) is 5.90. The maximum atomic E-state index is 12.5. The first-order chi connectivity index (χ1) is 14.6. The second-order valence-electron chi connectivity index (χ2n) is 7.46. The Morgan fingerprint density at radius 1 is 0.933 bits per heavy atom. The van der Waals surface area contributed by atoms with Gasteiger partial charge < -0.3 is 20.0 Å². The Hall–Kier alpha value is -3.45. The van der Waals surface area contributed by atoms with Gasteiger partial charge in [0, 0.05) is 50.2 Å². The van der Waals surface area contributed by atoms with Crippen LogP contribution in [0.4, 0.5) is 23.0 Å². The van der Waals surface area contributed by atoms with E-state index in [-0.39, 0.29) is 5.91 Å². The van der Waals surface area contributed by atoms with E-state index in [1.54, 1.807) is 36.5 Å². The molecule has 0 spiro atoms. The van der Waals surface area contributed by atoms with Crippen LogP contribution in [0.2, 0.25) is 0 Å². The summed E-state index contributed by atoms with van der Waals surface area (Å²) >= 11 is 0. The lowest BCUT2D eigenvalue weighted by atomic mass is 10.2. The fraction of sp³-hybridized carbons (Fsp3) is 0.261. The Morgan fingerprint density at radius 3 is 2.20 bits per heavy atom. The fourth-order valence-electron chi connectivity index (χ4n) is 3.40. The van der Waals surface area contributed by atoms with E-state index in [0.29, 0.717) is 17.2 Å². The summed E-state index contributed by atoms with van der Waals surface area (Å²) in [7, 11) is 3.88. The van der Waals surface area contributed by atoms with Crippen molar-refractivity contribution in [3.63, 3.8) is 0 Å². The van der Waals surface area contributed by atoms with Crippen molar-refractivity contribution in [2.75, 3.05) is 55.4 Å². The number of anilines is 4. The maximum absolute atomic E-state index is 12.5. The topological polar surface area (TPSA) is 64.6 Å². The average Bonchev–Trinajstić information content (AvgIpc) is 2.80. The van der Waals surface area contributed by atoms with E-state index in [4.69, 9.17) is 0 Å². The monoisotopic (exact) mass is 402 g/mol. The predicted molar refractivity (Wildman–Crippen MR) is 121 cm³/mol. The molecule has 2 aromatic carbocycles. The smallest absolute Gasteiger partial charge is 0.258 e. The Morgan fingerprint density at radius 2 is 1.57 bits per heavy atom. The van der Waals surface area contributed by atoms with E-state index in [2.05, 4.69) is 44.3 Å². The van der Waals surface area contributed by atoms with E-state index < -0.39 is 0 Å². The van der Waals surface area contributed by atoms with Crippen molar-refractivity contribution < 1.29 is 4.79 Å². The molecule has 30 heavy (non-hydrogen) atoms. The molecule has 4 rings (SSSR count). The van der Waals surface area contributed by atoms with E-state index in [1.165, 1.54) is 5.69 Å². The highest BCUT2D eigenvalue weighted by Crippen LogP contribution is 2.21. The first kappa shape index (κ1) is 19.8. The number of rotatable bonds is 5. The lowest BCUT2D eigenvalue weighted by molar-refractivity contribution is 0.0993. The number of nitrogens with zero attached hydrogens (tertiary/aromatic N) is 5. The third-order valence-electron chi connectivity index (χ3n) is 5.34. The summed E-state index contributed by atoms with van der Waals surface area (Å²) in [5, 5.41) is 3.22. The summed E-state index contributed by atoms with van der Waals surface area (Å²) in [6.07, 6.45) is 3.30. The number of nitrogens with one attached hydrogen (secondary N) is 1. The molecular formula is C23H26N6O. The first-order valence-electron chi connectivity index (χ1n) is 10.1. The standard InChI is InChI=1S/C23H26N6O/c1-27-12-14-29(15-13-27)20-10-8-19(9-11-20)26-23-24-16-21(17-25-23)28(2)22(30)18-6-4-3-5-7-18/h3-11,16-17H,12-15H2,1-2H3,(H,24,25,26). The third kappa shape index (κ3) is 4.58. The molecule has 1 aliphatic rings. The zero-order chi connectivity index (χ0) is 20.9. The zero-order valence-electron chi connectivity index (χ0n) is 17.3. The number of aromatic nitrogens is 2. The fourth-order valence-corrected chi connectivity index (χ4v) is 3.40. The summed E-state index contributed by atoms with van der Waals surface area (Å²) in [5.74, 6) is 0.395. The normalized spacial score (nSPS) is 14.4. The molecule has 0 unspecified atom stereocenters. The number of likely N-dealkylation sites (N-methyl/N-ethyl adjacent to an activating group) is 1. The number of amides is 1. The van der Waals surface area contributed by atoms with Gasteiger partial charge in [0.15, 0.2) is 0 Å². The molecule has 1 aromatic heterocycles. The van der Waals surface area contributed by atoms with Crippen LogP contribution in [0.15, 0.2) is 67.0 Å². The molecule has 0 radical (unpaired) electrons. The second kappa shape index (κ2) is 8.92. The highest BCUT2D eigenvalue weighted by atomic mass is 16.2. The minimum Gasteiger partial charge on any atom is -0.369 e. The lowest BCUT2D eigenvalue weighted by Gasteiger charge is -2.34. The summed E-state index contributed by atoms with van der Waals surface area (Å²) in [6, 6.07) is 17.5. The molecule has 1 aliphatic heterocycles. The van der Waals surface area contributed by atoms with Crippen molar-refractivity contribution in [3.8, 4) is 0 Å². The average molecular weight is 403 g/mol. The highest BCUT2D eigenvalue weighted by molar-refractivity contribution is 6.05. The maximum Gasteiger partial charge on any atom is 0.258 e. The van der Waals surface area contributed by atoms with Gasteiger partial charge in [0.05, 0.1) is 18.1 Å². The van der Waals surface area contributed by atoms with Crippen LogP contribution in [0.25, 0.3) is 0 Å². The van der Waals surface area contributed by atoms with Crippen LogP contribution in [-0.2, 0) is 0 Å². The minimum atomic E-state index is -0.0978. The molecule has 1 N–H and O–H groups in total. The van der Waals surface area contributed by atoms with E-state index >= 15 is 0 Å². The molecule has 0 atom stereocenters. The van der Waals surface area contributed by atoms with Gasteiger partial charge in [-0.3, -0.25) is 4.79 Å². The quantitative estimate of drug-likeness (QED) is 0.707. The molecule has 0 aliphatic carbocycles. The van der Waals surface area contributed by atoms with E-state index in [9.17, 15) is 4.79 Å². The zero-order valence-corrected chi connectivity index (χ0v) is 17.3. The van der Waals surface area contributed by atoms with Crippen LogP contribution in [0.1, 0.15) is 10.4 Å². The Labute approximate surface area is 177 Å². The van der Waals surface area contributed by atoms with Gasteiger partial charge in [0.2, 0.25) is 5.95 Å². The van der Waals surface area contributed by atoms with Crippen LogP contribution < -0.4 is 15.1 Å². The van der Waals surface area contributed by atoms with Gasteiger partial charge >= 0.3 is 0 Å². The van der Waals surface area contributed by atoms with Gasteiger partial charge in [-0.15, -0.1) is 0 Å². The second-order valence-corrected chi connectivity index (χ2v) is 7.46. The molecule has 3 aromatic rings. The van der Waals surface area contributed by atoms with Crippen molar-refractivity contribution in [1.82, 2.24) is 14.9 Å². The molecule has 2 heterocycles. The summed E-state index contributed by atoms with van der Waals surface area (Å²) in [6.45, 7) is 4.26. The summed E-state index contributed by atoms with van der Waals surface area (Å²) in [5.41, 5.74) is 3.42. The van der Waals surface area contributed by atoms with E-state index in [0.717, 1.165) is 31.9 Å². The number of hydrogen-bond acceptors (Lipinski definition) is 6. The van der Waals surface area contributed by atoms with Crippen LogP contribution in [0.3, 0.4) is 0 Å². The van der Waals surface area contributed by atoms with Crippen molar-refractivity contribution in [1.29, 1.82) is 0 Å². The molecule has 1 fully saturated rings. The van der Waals surface area contributed by atoms with Gasteiger partial charge in [0.1, 0.15) is 0 Å². The number of benzene rings is 2. The predicted octanol–water partition coefficient (Wildman–Crippen LogP) is 3.25. The Balaban J connectivity index is 1.38. The number of hydrogen-bond donors (Lipinski definition) is 1. The van der Waals surface area contributed by atoms with Gasteiger partial charge in [-0.2, -0.15) is 0 Å². The number of piperazine rings is 1. The Bertz CT molecular complexity index is 967. The molecule has 1 saturated heterocycles. The van der Waals surface area contributed by atoms with Gasteiger partial charge in [-0.05, 0) is 43.4 Å². The SMILES string of the molecule is CN1CCN(c2ccc(Nc3ncc(N(C)C(=O)c4ccccc4)cn3)cc2)CC1. The first-order valence-corrected chi connectivity index (χ1v) is 10.1. The van der Waals surface area contributed by atoms with E-state index in [1.807, 2.05) is 30.3 Å². The summed E-state index contributed by atoms with van der Waals surface area (Å²) in [4.78, 5) is 27.6. The summed E-state index contributed by atoms with van der Waals surface area (Å²) < 4.78 is 0. The molecule has 7 heteroatoms. The van der Waals surface area contributed by atoms with Crippen molar-refractivity contribution in [2.24, 2.45) is 0 Å². The van der Waals surface area contributed by atoms with Crippen LogP contribution in [-0.4, -0.2) is 61.0 Å². The van der Waals surface area contributed by atoms with Gasteiger partial charge in [0.25, 0.3) is 5.91 Å². The third-order valence-corrected chi connectivity index (χ3v) is 5.34. The molecule has 0 bridgehead atoms. The molecule has 154 valence electrons. The molecule has 1 amide bonds. The molecular weight excluding hydrogens is 376 g/mol. The molecule has 0 saturated carbocycles. The van der Waals surface area contributed by atoms with Crippen LogP contribution in [0, 0.1) is 0 Å². The van der Waals surface area contributed by atoms with Crippen molar-refractivity contribution >= 4 is 28.9 Å². The number of carbonyl (C=O) groups is 1. The number of carbonyl (C=O) groups excluding carboxylic acids is 1. The largest absolute Gasteiger partial charge is 0.369 e. The van der Waals surface area contributed by atoms with Gasteiger partial charge in [-0.25, -0.2) is 9.97 Å². The van der Waals surface area contributed by atoms with Crippen LogP contribution in [0.5, 0.6) is 0 Å². The van der Waals surface area contributed by atoms with Crippen molar-refractivity contribution in [2.45, 2.75) is 0 Å². The van der Waals surface area contributed by atoms with Gasteiger partial charge in [-0.1, -0.05) is 18.2 Å². The minimum absolute atomic E-state index is 0.0978. The lowest BCUT2D eigenvalue weighted by Crippen LogP contribution is -2.44. The van der Waals surface area contributed by atoms with Crippen molar-refractivity contribution in [3.05, 3.63) is 72.6 Å². The highest BCUT2D eigenvalue weighted by Gasteiger charge is 2.15. The van der Waals surface area contributed by atoms with Crippen LogP contribution >= 0.6 is 0 Å². The molecule has 7 nitrogen and oxygen atoms in total.